The van der Waals surface area contributed by atoms with Crippen LogP contribution >= 0.6 is 0 Å². The lowest BCUT2D eigenvalue weighted by Gasteiger charge is -2.41. The summed E-state index contributed by atoms with van der Waals surface area (Å²) in [5.74, 6) is 0.977. The third-order valence-corrected chi connectivity index (χ3v) is 5.95. The van der Waals surface area contributed by atoms with Crippen LogP contribution in [0.5, 0.6) is 0 Å². The Kier molecular flexibility index (Phi) is 2.62. The van der Waals surface area contributed by atoms with Crippen LogP contribution in [-0.2, 0) is 19.3 Å². The summed E-state index contributed by atoms with van der Waals surface area (Å²) < 4.78 is 0. The fourth-order valence-electron chi connectivity index (χ4n) is 5.02. The minimum atomic E-state index is 0.655. The number of rotatable bonds is 2. The van der Waals surface area contributed by atoms with Crippen molar-refractivity contribution in [2.75, 3.05) is 0 Å². The average Bonchev–Trinajstić information content (AvgIpc) is 2.99. The van der Waals surface area contributed by atoms with Gasteiger partial charge in [0.15, 0.2) is 0 Å². The molecule has 1 aromatic rings. The first-order valence-corrected chi connectivity index (χ1v) is 8.08. The van der Waals surface area contributed by atoms with Gasteiger partial charge >= 0.3 is 0 Å². The van der Waals surface area contributed by atoms with Crippen LogP contribution in [0.25, 0.3) is 0 Å². The molecule has 0 amide bonds. The van der Waals surface area contributed by atoms with E-state index in [-0.39, 0.29) is 0 Å². The molecule has 3 aliphatic carbocycles. The number of aryl methyl sites for hydroxylation is 1. The lowest BCUT2D eigenvalue weighted by Crippen LogP contribution is -2.33. The molecule has 0 saturated heterocycles. The van der Waals surface area contributed by atoms with Crippen LogP contribution in [0.3, 0.4) is 0 Å². The third-order valence-electron chi connectivity index (χ3n) is 5.95. The maximum Gasteiger partial charge on any atom is -0.0182 e. The van der Waals surface area contributed by atoms with E-state index >= 15 is 0 Å². The second-order valence-electron chi connectivity index (χ2n) is 7.02. The molecule has 2 bridgehead atoms. The molecule has 0 aliphatic heterocycles. The normalized spacial score (nSPS) is 31.6. The number of allylic oxidation sites excluding steroid dienone is 2. The predicted molar refractivity (Wildman–Crippen MR) is 80.3 cm³/mol. The predicted octanol–water partition coefficient (Wildman–Crippen LogP) is 4.85. The summed E-state index contributed by atoms with van der Waals surface area (Å²) in [4.78, 5) is 0. The van der Waals surface area contributed by atoms with E-state index < -0.39 is 0 Å². The Bertz CT molecular complexity index is 537. The molecule has 1 aromatic carbocycles. The Morgan fingerprint density at radius 2 is 2.21 bits per heavy atom. The Morgan fingerprint density at radius 3 is 2.95 bits per heavy atom. The molecule has 1 spiro atoms. The standard InChI is InChI=1S/C19H24/c1-2-4-15-5-3-6-16-13-19(10-9-18(15)16)12-14-7-8-17(19)11-14/h3,5-7,17H,2,4,8-13H2,1H3. The van der Waals surface area contributed by atoms with Crippen molar-refractivity contribution in [3.8, 4) is 0 Å². The van der Waals surface area contributed by atoms with Crippen LogP contribution in [0, 0.1) is 11.3 Å². The van der Waals surface area contributed by atoms with Crippen molar-refractivity contribution in [1.29, 1.82) is 0 Å². The zero-order valence-electron chi connectivity index (χ0n) is 12.0. The van der Waals surface area contributed by atoms with Crippen LogP contribution in [0.4, 0.5) is 0 Å². The van der Waals surface area contributed by atoms with Gasteiger partial charge in [0.05, 0.1) is 0 Å². The zero-order valence-corrected chi connectivity index (χ0v) is 12.0. The molecule has 2 atom stereocenters. The van der Waals surface area contributed by atoms with Crippen molar-refractivity contribution in [2.24, 2.45) is 11.3 Å². The Morgan fingerprint density at radius 1 is 1.26 bits per heavy atom. The molecular weight excluding hydrogens is 228 g/mol. The van der Waals surface area contributed by atoms with Crippen molar-refractivity contribution in [2.45, 2.75) is 58.3 Å². The molecule has 100 valence electrons. The monoisotopic (exact) mass is 252 g/mol. The van der Waals surface area contributed by atoms with Crippen molar-refractivity contribution in [3.05, 3.63) is 46.5 Å². The largest absolute Gasteiger partial charge is 0.0850 e. The van der Waals surface area contributed by atoms with Gasteiger partial charge in [-0.1, -0.05) is 43.2 Å². The molecule has 0 N–H and O–H groups in total. The minimum absolute atomic E-state index is 0.655. The summed E-state index contributed by atoms with van der Waals surface area (Å²) in [7, 11) is 0. The maximum atomic E-state index is 2.53. The second-order valence-corrected chi connectivity index (χ2v) is 7.02. The van der Waals surface area contributed by atoms with Gasteiger partial charge in [0.25, 0.3) is 0 Å². The lowest BCUT2D eigenvalue weighted by molar-refractivity contribution is 0.168. The molecule has 0 heteroatoms. The van der Waals surface area contributed by atoms with E-state index in [1.54, 1.807) is 22.3 Å². The van der Waals surface area contributed by atoms with Gasteiger partial charge in [-0.05, 0) is 73.0 Å². The smallest absolute Gasteiger partial charge is 0.0182 e. The highest BCUT2D eigenvalue weighted by Crippen LogP contribution is 2.58. The van der Waals surface area contributed by atoms with Gasteiger partial charge in [-0.15, -0.1) is 0 Å². The van der Waals surface area contributed by atoms with Crippen LogP contribution < -0.4 is 0 Å². The van der Waals surface area contributed by atoms with Gasteiger partial charge in [0, 0.05) is 0 Å². The van der Waals surface area contributed by atoms with E-state index in [1.165, 1.54) is 51.4 Å². The van der Waals surface area contributed by atoms with Crippen molar-refractivity contribution in [1.82, 2.24) is 0 Å². The van der Waals surface area contributed by atoms with E-state index in [4.69, 9.17) is 0 Å². The molecule has 2 unspecified atom stereocenters. The van der Waals surface area contributed by atoms with Crippen molar-refractivity contribution < 1.29 is 0 Å². The molecule has 19 heavy (non-hydrogen) atoms. The Balaban J connectivity index is 1.68. The second kappa shape index (κ2) is 4.23. The van der Waals surface area contributed by atoms with Gasteiger partial charge in [-0.3, -0.25) is 0 Å². The number of hydrogen-bond donors (Lipinski definition) is 0. The first-order valence-electron chi connectivity index (χ1n) is 8.08. The van der Waals surface area contributed by atoms with E-state index in [0.29, 0.717) is 5.41 Å². The molecule has 1 fully saturated rings. The van der Waals surface area contributed by atoms with Gasteiger partial charge < -0.3 is 0 Å². The van der Waals surface area contributed by atoms with Crippen LogP contribution in [0.2, 0.25) is 0 Å². The SMILES string of the molecule is CCCc1cccc2c1CCC1(CC3=CCC1C3)C2. The molecule has 0 heterocycles. The Labute approximate surface area is 116 Å². The van der Waals surface area contributed by atoms with Gasteiger partial charge in [0.2, 0.25) is 0 Å². The molecule has 3 aliphatic rings. The highest BCUT2D eigenvalue weighted by molar-refractivity contribution is 5.40. The van der Waals surface area contributed by atoms with Crippen LogP contribution in [-0.4, -0.2) is 0 Å². The molecule has 0 nitrogen and oxygen atoms in total. The quantitative estimate of drug-likeness (QED) is 0.660. The topological polar surface area (TPSA) is 0 Å². The van der Waals surface area contributed by atoms with Crippen molar-refractivity contribution >= 4 is 0 Å². The van der Waals surface area contributed by atoms with Gasteiger partial charge in [-0.25, -0.2) is 0 Å². The summed E-state index contributed by atoms with van der Waals surface area (Å²) in [5, 5.41) is 0. The van der Waals surface area contributed by atoms with E-state index in [2.05, 4.69) is 31.2 Å². The molecule has 4 rings (SSSR count). The molecule has 1 saturated carbocycles. The number of hydrogen-bond acceptors (Lipinski definition) is 0. The van der Waals surface area contributed by atoms with Gasteiger partial charge in [-0.2, -0.15) is 0 Å². The van der Waals surface area contributed by atoms with Crippen molar-refractivity contribution in [3.63, 3.8) is 0 Å². The highest BCUT2D eigenvalue weighted by atomic mass is 14.5. The fourth-order valence-corrected chi connectivity index (χ4v) is 5.02. The van der Waals surface area contributed by atoms with Crippen LogP contribution in [0.1, 0.15) is 55.7 Å². The van der Waals surface area contributed by atoms with E-state index in [1.807, 2.05) is 0 Å². The zero-order chi connectivity index (χ0) is 12.9. The summed E-state index contributed by atoms with van der Waals surface area (Å²) >= 11 is 0. The van der Waals surface area contributed by atoms with E-state index in [9.17, 15) is 0 Å². The van der Waals surface area contributed by atoms with Crippen LogP contribution in [0.15, 0.2) is 29.8 Å². The summed E-state index contributed by atoms with van der Waals surface area (Å²) in [6, 6.07) is 7.08. The third kappa shape index (κ3) is 1.72. The summed E-state index contributed by atoms with van der Waals surface area (Å²) in [6.45, 7) is 2.30. The lowest BCUT2D eigenvalue weighted by atomic mass is 9.63. The molecule has 0 radical (unpaired) electrons. The number of fused-ring (bicyclic) bond motifs is 4. The molecular formula is C19H24. The average molecular weight is 252 g/mol. The van der Waals surface area contributed by atoms with E-state index in [0.717, 1.165) is 5.92 Å². The maximum absolute atomic E-state index is 2.53. The minimum Gasteiger partial charge on any atom is -0.0850 e. The Hall–Kier alpha value is -1.04. The summed E-state index contributed by atoms with van der Waals surface area (Å²) in [5.41, 5.74) is 7.47. The highest BCUT2D eigenvalue weighted by Gasteiger charge is 2.48. The fraction of sp³-hybridized carbons (Fsp3) is 0.579. The van der Waals surface area contributed by atoms with Gasteiger partial charge in [0.1, 0.15) is 0 Å². The first kappa shape index (κ1) is 11.8. The number of benzene rings is 1. The molecule has 0 aromatic heterocycles. The first-order chi connectivity index (χ1) is 9.31. The summed E-state index contributed by atoms with van der Waals surface area (Å²) in [6.07, 6.45) is 13.4.